The van der Waals surface area contributed by atoms with Gasteiger partial charge in [0.25, 0.3) is 5.91 Å². The first-order valence-electron chi connectivity index (χ1n) is 10.9. The lowest BCUT2D eigenvalue weighted by Gasteiger charge is -2.24. The summed E-state index contributed by atoms with van der Waals surface area (Å²) >= 11 is 0. The second-order valence-corrected chi connectivity index (χ2v) is 7.43. The molecule has 0 fully saturated rings. The Morgan fingerprint density at radius 3 is 2.27 bits per heavy atom. The van der Waals surface area contributed by atoms with Crippen molar-refractivity contribution in [2.45, 2.75) is 13.5 Å². The Morgan fingerprint density at radius 2 is 1.61 bits per heavy atom. The highest BCUT2D eigenvalue weighted by Crippen LogP contribution is 2.28. The van der Waals surface area contributed by atoms with Gasteiger partial charge in [0.05, 0.1) is 32.1 Å². The van der Waals surface area contributed by atoms with Crippen LogP contribution in [-0.2, 0) is 6.54 Å². The van der Waals surface area contributed by atoms with E-state index in [4.69, 9.17) is 9.47 Å². The van der Waals surface area contributed by atoms with Gasteiger partial charge in [-0.1, -0.05) is 54.6 Å². The molecule has 0 bridgehead atoms. The quantitative estimate of drug-likeness (QED) is 0.338. The first-order valence-corrected chi connectivity index (χ1v) is 10.9. The molecule has 0 spiro atoms. The van der Waals surface area contributed by atoms with Crippen LogP contribution in [0.5, 0.6) is 11.6 Å². The number of anilines is 1. The first kappa shape index (κ1) is 22.1. The predicted octanol–water partition coefficient (Wildman–Crippen LogP) is 6.00. The molecule has 1 amide bonds. The highest BCUT2D eigenvalue weighted by atomic mass is 16.5. The van der Waals surface area contributed by atoms with Gasteiger partial charge in [0.15, 0.2) is 0 Å². The lowest BCUT2D eigenvalue weighted by Crippen LogP contribution is -2.30. The lowest BCUT2D eigenvalue weighted by atomic mass is 9.99. The maximum Gasteiger partial charge on any atom is 0.258 e. The minimum atomic E-state index is -0.118. The van der Waals surface area contributed by atoms with Crippen molar-refractivity contribution in [3.8, 4) is 22.8 Å². The Kier molecular flexibility index (Phi) is 7.00. The van der Waals surface area contributed by atoms with E-state index in [2.05, 4.69) is 29.2 Å². The maximum absolute atomic E-state index is 13.6. The van der Waals surface area contributed by atoms with Crippen LogP contribution >= 0.6 is 0 Å². The zero-order valence-corrected chi connectivity index (χ0v) is 18.8. The van der Waals surface area contributed by atoms with Gasteiger partial charge in [-0.2, -0.15) is 0 Å². The number of nitrogens with zero attached hydrogens (tertiary/aromatic N) is 2. The van der Waals surface area contributed by atoms with Crippen LogP contribution in [0.3, 0.4) is 0 Å². The number of hydrogen-bond acceptors (Lipinski definition) is 4. The number of carbonyl (C=O) groups is 1. The van der Waals surface area contributed by atoms with Crippen molar-refractivity contribution >= 4 is 11.6 Å². The molecule has 166 valence electrons. The summed E-state index contributed by atoms with van der Waals surface area (Å²) in [6, 6.07) is 29.2. The fraction of sp³-hybridized carbons (Fsp3) is 0.143. The largest absolute Gasteiger partial charge is 0.494 e. The van der Waals surface area contributed by atoms with E-state index in [1.807, 2.05) is 55.5 Å². The molecular weight excluding hydrogens is 412 g/mol. The molecule has 33 heavy (non-hydrogen) atoms. The molecule has 5 nitrogen and oxygen atoms in total. The maximum atomic E-state index is 13.6. The van der Waals surface area contributed by atoms with Gasteiger partial charge < -0.3 is 14.4 Å². The van der Waals surface area contributed by atoms with Gasteiger partial charge in [-0.05, 0) is 53.9 Å². The van der Waals surface area contributed by atoms with Crippen LogP contribution in [-0.4, -0.2) is 24.6 Å². The average molecular weight is 439 g/mol. The van der Waals surface area contributed by atoms with E-state index in [0.29, 0.717) is 30.3 Å². The van der Waals surface area contributed by atoms with E-state index in [1.54, 1.807) is 36.4 Å². The van der Waals surface area contributed by atoms with Crippen molar-refractivity contribution in [3.63, 3.8) is 0 Å². The van der Waals surface area contributed by atoms with E-state index in [1.165, 1.54) is 0 Å². The average Bonchev–Trinajstić information content (AvgIpc) is 2.88. The van der Waals surface area contributed by atoms with E-state index in [0.717, 1.165) is 22.4 Å². The summed E-state index contributed by atoms with van der Waals surface area (Å²) in [6.07, 6.45) is 1.66. The highest BCUT2D eigenvalue weighted by molar-refractivity contribution is 6.06. The monoisotopic (exact) mass is 438 g/mol. The zero-order chi connectivity index (χ0) is 23.0. The van der Waals surface area contributed by atoms with Gasteiger partial charge in [0.2, 0.25) is 5.88 Å². The number of carbonyl (C=O) groups excluding carboxylic acids is 1. The Labute approximate surface area is 194 Å². The molecule has 3 aromatic carbocycles. The van der Waals surface area contributed by atoms with Gasteiger partial charge in [0.1, 0.15) is 5.75 Å². The third-order valence-electron chi connectivity index (χ3n) is 5.33. The number of benzene rings is 3. The second-order valence-electron chi connectivity index (χ2n) is 7.43. The van der Waals surface area contributed by atoms with E-state index >= 15 is 0 Å². The third kappa shape index (κ3) is 5.21. The molecule has 1 aromatic heterocycles. The van der Waals surface area contributed by atoms with Crippen molar-refractivity contribution in [2.24, 2.45) is 0 Å². The molecule has 0 saturated carbocycles. The second kappa shape index (κ2) is 10.5. The first-order chi connectivity index (χ1) is 16.2. The standard InChI is InChI=1S/C28H26N2O3/c1-3-33-25-16-13-22(14-17-25)28(31)30(24-15-18-27(32-2)29-19-24)20-23-11-7-8-12-26(23)21-9-5-4-6-10-21/h4-19H,3,20H2,1-2H3. The highest BCUT2D eigenvalue weighted by Gasteiger charge is 2.20. The summed E-state index contributed by atoms with van der Waals surface area (Å²) in [6.45, 7) is 2.90. The summed E-state index contributed by atoms with van der Waals surface area (Å²) < 4.78 is 10.7. The number of methoxy groups -OCH3 is 1. The molecule has 0 aliphatic rings. The molecule has 0 radical (unpaired) electrons. The van der Waals surface area contributed by atoms with E-state index in [9.17, 15) is 4.79 Å². The Hall–Kier alpha value is -4.12. The Morgan fingerprint density at radius 1 is 0.879 bits per heavy atom. The van der Waals surface area contributed by atoms with Crippen LogP contribution in [0.2, 0.25) is 0 Å². The number of pyridine rings is 1. The fourth-order valence-electron chi connectivity index (χ4n) is 3.68. The summed E-state index contributed by atoms with van der Waals surface area (Å²) in [7, 11) is 1.57. The van der Waals surface area contributed by atoms with Crippen LogP contribution in [0.25, 0.3) is 11.1 Å². The molecule has 0 N–H and O–H groups in total. The molecule has 1 heterocycles. The van der Waals surface area contributed by atoms with Crippen LogP contribution in [0.4, 0.5) is 5.69 Å². The van der Waals surface area contributed by atoms with Crippen molar-refractivity contribution < 1.29 is 14.3 Å². The van der Waals surface area contributed by atoms with Gasteiger partial charge >= 0.3 is 0 Å². The van der Waals surface area contributed by atoms with Gasteiger partial charge in [-0.15, -0.1) is 0 Å². The van der Waals surface area contributed by atoms with Gasteiger partial charge in [-0.3, -0.25) is 4.79 Å². The van der Waals surface area contributed by atoms with Crippen LogP contribution in [0.15, 0.2) is 97.2 Å². The minimum Gasteiger partial charge on any atom is -0.494 e. The van der Waals surface area contributed by atoms with E-state index in [-0.39, 0.29) is 5.91 Å². The van der Waals surface area contributed by atoms with Crippen molar-refractivity contribution in [1.29, 1.82) is 0 Å². The number of ether oxygens (including phenoxy) is 2. The topological polar surface area (TPSA) is 51.7 Å². The Bertz CT molecular complexity index is 1190. The lowest BCUT2D eigenvalue weighted by molar-refractivity contribution is 0.0985. The smallest absolute Gasteiger partial charge is 0.258 e. The molecule has 0 atom stereocenters. The minimum absolute atomic E-state index is 0.118. The summed E-state index contributed by atoms with van der Waals surface area (Å²) in [5.74, 6) is 1.12. The van der Waals surface area contributed by atoms with Crippen LogP contribution < -0.4 is 14.4 Å². The summed E-state index contributed by atoms with van der Waals surface area (Å²) in [5.41, 5.74) is 4.50. The predicted molar refractivity (Wildman–Crippen MR) is 131 cm³/mol. The van der Waals surface area contributed by atoms with Crippen molar-refractivity contribution in [2.75, 3.05) is 18.6 Å². The molecular formula is C28H26N2O3. The van der Waals surface area contributed by atoms with Gasteiger partial charge in [0, 0.05) is 11.6 Å². The molecule has 4 aromatic rings. The van der Waals surface area contributed by atoms with Crippen LogP contribution in [0.1, 0.15) is 22.8 Å². The molecule has 4 rings (SSSR count). The van der Waals surface area contributed by atoms with Crippen molar-refractivity contribution in [3.05, 3.63) is 108 Å². The molecule has 0 aliphatic heterocycles. The zero-order valence-electron chi connectivity index (χ0n) is 18.8. The Balaban J connectivity index is 1.72. The van der Waals surface area contributed by atoms with E-state index < -0.39 is 0 Å². The molecule has 0 unspecified atom stereocenters. The number of hydrogen-bond donors (Lipinski definition) is 0. The van der Waals surface area contributed by atoms with Crippen molar-refractivity contribution in [1.82, 2.24) is 4.98 Å². The summed E-state index contributed by atoms with van der Waals surface area (Å²) in [5, 5.41) is 0. The molecule has 5 heteroatoms. The number of amides is 1. The number of aromatic nitrogens is 1. The third-order valence-corrected chi connectivity index (χ3v) is 5.33. The van der Waals surface area contributed by atoms with Gasteiger partial charge in [-0.25, -0.2) is 4.98 Å². The fourth-order valence-corrected chi connectivity index (χ4v) is 3.68. The molecule has 0 saturated heterocycles. The molecule has 0 aliphatic carbocycles. The van der Waals surface area contributed by atoms with Crippen LogP contribution in [0, 0.1) is 0 Å². The normalized spacial score (nSPS) is 10.5. The number of rotatable bonds is 8. The summed E-state index contributed by atoms with van der Waals surface area (Å²) in [4.78, 5) is 19.7. The SMILES string of the molecule is CCOc1ccc(C(=O)N(Cc2ccccc2-c2ccccc2)c2ccc(OC)nc2)cc1.